The molecule has 0 fully saturated rings. The molecule has 0 spiro atoms. The zero-order chi connectivity index (χ0) is 17.5. The van der Waals surface area contributed by atoms with Gasteiger partial charge in [0, 0.05) is 18.6 Å². The molecule has 0 aliphatic carbocycles. The van der Waals surface area contributed by atoms with Crippen molar-refractivity contribution >= 4 is 30.4 Å². The van der Waals surface area contributed by atoms with Gasteiger partial charge in [0.25, 0.3) is 0 Å². The summed E-state index contributed by atoms with van der Waals surface area (Å²) in [5, 5.41) is -1.04. The smallest absolute Gasteiger partial charge is 0.330 e. The number of esters is 2. The van der Waals surface area contributed by atoms with E-state index in [4.69, 9.17) is 20.6 Å². The van der Waals surface area contributed by atoms with Gasteiger partial charge in [0.15, 0.2) is 0 Å². The Morgan fingerprint density at radius 3 is 2.22 bits per heavy atom. The van der Waals surface area contributed by atoms with Crippen molar-refractivity contribution in [3.63, 3.8) is 0 Å². The van der Waals surface area contributed by atoms with Crippen LogP contribution in [0.3, 0.4) is 0 Å². The van der Waals surface area contributed by atoms with Crippen molar-refractivity contribution in [1.82, 2.24) is 0 Å². The summed E-state index contributed by atoms with van der Waals surface area (Å²) in [6.45, 7) is 10.6. The van der Waals surface area contributed by atoms with Crippen LogP contribution in [-0.2, 0) is 24.3 Å². The van der Waals surface area contributed by atoms with Crippen LogP contribution in [0.2, 0.25) is 13.1 Å². The van der Waals surface area contributed by atoms with E-state index >= 15 is 0 Å². The Bertz CT molecular complexity index is 580. The molecule has 0 bridgehead atoms. The molecular weight excluding hydrogens is 332 g/mol. The lowest BCUT2D eigenvalue weighted by atomic mass is 10.1. The second-order valence-corrected chi connectivity index (χ2v) is 12.0. The monoisotopic (exact) mass is 352 g/mol. The molecule has 0 amide bonds. The maximum absolute atomic E-state index is 11.9. The van der Waals surface area contributed by atoms with E-state index in [1.807, 2.05) is 43.4 Å². The van der Waals surface area contributed by atoms with Crippen molar-refractivity contribution in [1.29, 1.82) is 0 Å². The van der Waals surface area contributed by atoms with Gasteiger partial charge in [-0.25, -0.2) is 9.59 Å². The van der Waals surface area contributed by atoms with E-state index in [2.05, 4.69) is 13.2 Å². The van der Waals surface area contributed by atoms with Crippen molar-refractivity contribution in [3.8, 4) is 0 Å². The van der Waals surface area contributed by atoms with Gasteiger partial charge in [0.2, 0.25) is 7.38 Å². The molecule has 1 atom stereocenters. The average molecular weight is 353 g/mol. The van der Waals surface area contributed by atoms with Gasteiger partial charge in [-0.1, -0.05) is 56.6 Å². The zero-order valence-corrected chi connectivity index (χ0v) is 15.1. The Morgan fingerprint density at radius 1 is 1.17 bits per heavy atom. The van der Waals surface area contributed by atoms with Gasteiger partial charge in [0.1, 0.15) is 5.22 Å². The Labute approximate surface area is 142 Å². The van der Waals surface area contributed by atoms with Gasteiger partial charge < -0.3 is 9.47 Å². The van der Waals surface area contributed by atoms with Crippen molar-refractivity contribution in [2.45, 2.75) is 24.7 Å². The topological polar surface area (TPSA) is 52.6 Å². The molecule has 6 heteroatoms. The van der Waals surface area contributed by atoms with Gasteiger partial charge in [-0.15, -0.1) is 0 Å². The number of hydrogen-bond donors (Lipinski definition) is 0. The molecule has 1 unspecified atom stereocenters. The molecule has 1 aromatic carbocycles. The Kier molecular flexibility index (Phi) is 6.78. The van der Waals surface area contributed by atoms with Gasteiger partial charge >= 0.3 is 11.9 Å². The lowest BCUT2D eigenvalue weighted by Gasteiger charge is -2.41. The van der Waals surface area contributed by atoms with Gasteiger partial charge in [-0.3, -0.25) is 0 Å². The summed E-state index contributed by atoms with van der Waals surface area (Å²) in [6, 6.07) is 9.26. The second-order valence-electron chi connectivity index (χ2n) is 5.41. The minimum Gasteiger partial charge on any atom is -0.462 e. The molecule has 23 heavy (non-hydrogen) atoms. The molecule has 1 aromatic rings. The fourth-order valence-electron chi connectivity index (χ4n) is 2.29. The summed E-state index contributed by atoms with van der Waals surface area (Å²) in [7, 11) is -2.57. The third kappa shape index (κ3) is 4.81. The molecule has 0 saturated heterocycles. The maximum Gasteiger partial charge on any atom is 0.330 e. The van der Waals surface area contributed by atoms with Crippen LogP contribution < -0.4 is 0 Å². The van der Waals surface area contributed by atoms with Crippen LogP contribution in [0, 0.1) is 0 Å². The standard InChI is InChI=1S/C17H21ClO4Si/c1-5-15(19)21-13-12-17(23(3,4)18,22-16(20)6-2)14-10-8-7-9-11-14/h5-11H,1-2,12-13H2,3-4H3. The van der Waals surface area contributed by atoms with Gasteiger partial charge in [-0.05, 0) is 5.56 Å². The Hall–Kier alpha value is -1.85. The first-order valence-electron chi connectivity index (χ1n) is 7.16. The minimum absolute atomic E-state index is 0.0628. The highest BCUT2D eigenvalue weighted by Gasteiger charge is 2.50. The molecule has 124 valence electrons. The third-order valence-corrected chi connectivity index (χ3v) is 6.98. The van der Waals surface area contributed by atoms with Crippen LogP contribution in [0.1, 0.15) is 12.0 Å². The van der Waals surface area contributed by atoms with Gasteiger partial charge in [0.05, 0.1) is 6.61 Å². The van der Waals surface area contributed by atoms with Gasteiger partial charge in [-0.2, -0.15) is 11.1 Å². The molecule has 0 radical (unpaired) electrons. The predicted octanol–water partition coefficient (Wildman–Crippen LogP) is 3.71. The highest BCUT2D eigenvalue weighted by Crippen LogP contribution is 2.41. The second kappa shape index (κ2) is 8.13. The van der Waals surface area contributed by atoms with Crippen LogP contribution in [0.25, 0.3) is 0 Å². The molecule has 0 N–H and O–H groups in total. The van der Waals surface area contributed by atoms with E-state index in [0.29, 0.717) is 0 Å². The van der Waals surface area contributed by atoms with Crippen LogP contribution in [0.4, 0.5) is 0 Å². The van der Waals surface area contributed by atoms with E-state index in [0.717, 1.165) is 17.7 Å². The Balaban J connectivity index is 3.24. The maximum atomic E-state index is 11.9. The molecule has 0 aliphatic heterocycles. The highest BCUT2D eigenvalue weighted by molar-refractivity contribution is 7.20. The van der Waals surface area contributed by atoms with E-state index in [9.17, 15) is 9.59 Å². The highest BCUT2D eigenvalue weighted by atomic mass is 35.6. The van der Waals surface area contributed by atoms with E-state index in [1.54, 1.807) is 0 Å². The SMILES string of the molecule is C=CC(=O)OCCC(OC(=O)C=C)(c1ccccc1)[Si](C)(C)Cl. The summed E-state index contributed by atoms with van der Waals surface area (Å²) in [6.07, 6.45) is 2.45. The average Bonchev–Trinajstić information content (AvgIpc) is 2.53. The van der Waals surface area contributed by atoms with Crippen LogP contribution in [0.15, 0.2) is 55.6 Å². The van der Waals surface area contributed by atoms with Crippen molar-refractivity contribution in [2.24, 2.45) is 0 Å². The minimum atomic E-state index is -2.57. The van der Waals surface area contributed by atoms with Crippen molar-refractivity contribution in [3.05, 3.63) is 61.2 Å². The van der Waals surface area contributed by atoms with E-state index < -0.39 is 24.5 Å². The fourth-order valence-corrected chi connectivity index (χ4v) is 4.91. The molecule has 1 rings (SSSR count). The fraction of sp³-hybridized carbons (Fsp3) is 0.294. The zero-order valence-electron chi connectivity index (χ0n) is 13.4. The number of halogens is 1. The summed E-state index contributed by atoms with van der Waals surface area (Å²) in [4.78, 5) is 23.2. The third-order valence-electron chi connectivity index (χ3n) is 3.51. The largest absolute Gasteiger partial charge is 0.462 e. The number of rotatable bonds is 8. The number of ether oxygens (including phenoxy) is 2. The molecule has 0 aromatic heterocycles. The van der Waals surface area contributed by atoms with Crippen LogP contribution in [-0.4, -0.2) is 25.9 Å². The summed E-state index contributed by atoms with van der Waals surface area (Å²) >= 11 is 6.71. The van der Waals surface area contributed by atoms with Crippen LogP contribution >= 0.6 is 11.1 Å². The number of benzene rings is 1. The summed E-state index contributed by atoms with van der Waals surface area (Å²) in [5.74, 6) is -1.10. The van der Waals surface area contributed by atoms with E-state index in [-0.39, 0.29) is 13.0 Å². The molecule has 0 heterocycles. The number of hydrogen-bond acceptors (Lipinski definition) is 4. The number of carbonyl (C=O) groups excluding carboxylic acids is 2. The number of carbonyl (C=O) groups is 2. The first-order chi connectivity index (χ1) is 10.8. The molecule has 4 nitrogen and oxygen atoms in total. The van der Waals surface area contributed by atoms with Crippen LogP contribution in [0.5, 0.6) is 0 Å². The molecule has 0 aliphatic rings. The normalized spacial score (nSPS) is 13.5. The Morgan fingerprint density at radius 2 is 1.74 bits per heavy atom. The van der Waals surface area contributed by atoms with E-state index in [1.165, 1.54) is 0 Å². The first kappa shape index (κ1) is 19.2. The lowest BCUT2D eigenvalue weighted by molar-refractivity contribution is -0.150. The first-order valence-corrected chi connectivity index (χ1v) is 11.2. The predicted molar refractivity (Wildman–Crippen MR) is 93.5 cm³/mol. The summed E-state index contributed by atoms with van der Waals surface area (Å²) in [5.41, 5.74) is 0.775. The van der Waals surface area contributed by atoms with Crippen molar-refractivity contribution < 1.29 is 19.1 Å². The van der Waals surface area contributed by atoms with Crippen molar-refractivity contribution in [2.75, 3.05) is 6.61 Å². The quantitative estimate of drug-likeness (QED) is 0.310. The lowest BCUT2D eigenvalue weighted by Crippen LogP contribution is -2.51. The molecule has 0 saturated carbocycles. The molecular formula is C17H21ClO4Si. The summed E-state index contributed by atoms with van der Waals surface area (Å²) < 4.78 is 10.8.